The Morgan fingerprint density at radius 1 is 1.05 bits per heavy atom. The first-order chi connectivity index (χ1) is 10.1. The van der Waals surface area contributed by atoms with Crippen molar-refractivity contribution in [3.63, 3.8) is 0 Å². The van der Waals surface area contributed by atoms with E-state index in [0.717, 1.165) is 39.7 Å². The van der Waals surface area contributed by atoms with Gasteiger partial charge in [0.15, 0.2) is 5.65 Å². The molecule has 0 amide bonds. The second kappa shape index (κ2) is 5.09. The number of rotatable bonds is 3. The van der Waals surface area contributed by atoms with Gasteiger partial charge in [-0.2, -0.15) is 5.10 Å². The van der Waals surface area contributed by atoms with Crippen LogP contribution in [0.1, 0.15) is 11.4 Å². The molecule has 21 heavy (non-hydrogen) atoms. The number of ether oxygens (including phenoxy) is 2. The fraction of sp³-hybridized carbons (Fsp3) is 0.250. The predicted octanol–water partition coefficient (Wildman–Crippen LogP) is 3.03. The summed E-state index contributed by atoms with van der Waals surface area (Å²) in [6, 6.07) is 7.83. The molecule has 0 spiro atoms. The van der Waals surface area contributed by atoms with E-state index < -0.39 is 0 Å². The van der Waals surface area contributed by atoms with E-state index in [1.165, 1.54) is 0 Å². The third-order valence-electron chi connectivity index (χ3n) is 3.44. The Bertz CT molecular complexity index is 809. The highest BCUT2D eigenvalue weighted by molar-refractivity contribution is 5.73. The molecule has 0 saturated heterocycles. The molecular formula is C16H17N3O2. The van der Waals surface area contributed by atoms with Gasteiger partial charge in [0.25, 0.3) is 0 Å². The maximum atomic E-state index is 5.46. The molecule has 2 aromatic heterocycles. The lowest BCUT2D eigenvalue weighted by atomic mass is 10.0. The molecule has 0 saturated carbocycles. The summed E-state index contributed by atoms with van der Waals surface area (Å²) in [5.41, 5.74) is 3.92. The third-order valence-corrected chi connectivity index (χ3v) is 3.44. The lowest BCUT2D eigenvalue weighted by molar-refractivity contribution is 0.404. The Hall–Kier alpha value is -2.56. The monoisotopic (exact) mass is 283 g/mol. The molecule has 5 nitrogen and oxygen atoms in total. The van der Waals surface area contributed by atoms with Crippen LogP contribution in [-0.2, 0) is 0 Å². The molecule has 1 aromatic carbocycles. The highest BCUT2D eigenvalue weighted by Crippen LogP contribution is 2.34. The molecule has 108 valence electrons. The van der Waals surface area contributed by atoms with Gasteiger partial charge in [-0.15, -0.1) is 0 Å². The summed E-state index contributed by atoms with van der Waals surface area (Å²) in [5, 5.41) is 4.39. The van der Waals surface area contributed by atoms with Gasteiger partial charge in [0, 0.05) is 17.3 Å². The van der Waals surface area contributed by atoms with Crippen LogP contribution in [0.3, 0.4) is 0 Å². The molecule has 5 heteroatoms. The highest BCUT2D eigenvalue weighted by atomic mass is 16.5. The van der Waals surface area contributed by atoms with Gasteiger partial charge in [-0.3, -0.25) is 0 Å². The number of methoxy groups -OCH3 is 2. The predicted molar refractivity (Wildman–Crippen MR) is 81.0 cm³/mol. The zero-order chi connectivity index (χ0) is 15.0. The van der Waals surface area contributed by atoms with Gasteiger partial charge in [0.05, 0.1) is 14.2 Å². The van der Waals surface area contributed by atoms with Crippen molar-refractivity contribution in [1.82, 2.24) is 14.6 Å². The molecule has 0 unspecified atom stereocenters. The molecule has 0 N–H and O–H groups in total. The second-order valence-corrected chi connectivity index (χ2v) is 4.91. The van der Waals surface area contributed by atoms with Crippen molar-refractivity contribution in [1.29, 1.82) is 0 Å². The topological polar surface area (TPSA) is 48.7 Å². The number of fused-ring (bicyclic) bond motifs is 1. The molecule has 0 aliphatic carbocycles. The summed E-state index contributed by atoms with van der Waals surface area (Å²) in [7, 11) is 3.32. The van der Waals surface area contributed by atoms with E-state index in [0.29, 0.717) is 0 Å². The van der Waals surface area contributed by atoms with E-state index in [4.69, 9.17) is 9.47 Å². The van der Waals surface area contributed by atoms with E-state index in [1.54, 1.807) is 18.7 Å². The first-order valence-corrected chi connectivity index (χ1v) is 6.68. The van der Waals surface area contributed by atoms with Crippen LogP contribution >= 0.6 is 0 Å². The van der Waals surface area contributed by atoms with Gasteiger partial charge >= 0.3 is 0 Å². The van der Waals surface area contributed by atoms with Crippen LogP contribution in [0.15, 0.2) is 30.5 Å². The SMILES string of the molecule is COc1ccc(OC)c(-c2cc(C)c3nc(C)nn3c2)c1. The number of benzene rings is 1. The van der Waals surface area contributed by atoms with Crippen molar-refractivity contribution >= 4 is 5.65 Å². The Kier molecular flexibility index (Phi) is 3.25. The molecular weight excluding hydrogens is 266 g/mol. The summed E-state index contributed by atoms with van der Waals surface area (Å²) in [4.78, 5) is 4.42. The van der Waals surface area contributed by atoms with Gasteiger partial charge < -0.3 is 9.47 Å². The van der Waals surface area contributed by atoms with Crippen molar-refractivity contribution in [2.75, 3.05) is 14.2 Å². The number of pyridine rings is 1. The lowest BCUT2D eigenvalue weighted by Gasteiger charge is -2.11. The number of nitrogens with zero attached hydrogens (tertiary/aromatic N) is 3. The molecule has 0 fully saturated rings. The van der Waals surface area contributed by atoms with Crippen LogP contribution in [0.2, 0.25) is 0 Å². The van der Waals surface area contributed by atoms with E-state index in [2.05, 4.69) is 16.1 Å². The highest BCUT2D eigenvalue weighted by Gasteiger charge is 2.11. The van der Waals surface area contributed by atoms with Gasteiger partial charge in [0.1, 0.15) is 17.3 Å². The molecule has 0 aliphatic heterocycles. The van der Waals surface area contributed by atoms with E-state index >= 15 is 0 Å². The maximum absolute atomic E-state index is 5.46. The van der Waals surface area contributed by atoms with Gasteiger partial charge in [-0.25, -0.2) is 9.50 Å². The fourth-order valence-corrected chi connectivity index (χ4v) is 2.44. The van der Waals surface area contributed by atoms with Crippen LogP contribution in [-0.4, -0.2) is 28.8 Å². The minimum Gasteiger partial charge on any atom is -0.497 e. The summed E-state index contributed by atoms with van der Waals surface area (Å²) in [6.45, 7) is 3.91. The van der Waals surface area contributed by atoms with E-state index in [1.807, 2.05) is 38.2 Å². The minimum atomic E-state index is 0.757. The lowest BCUT2D eigenvalue weighted by Crippen LogP contribution is -1.95. The van der Waals surface area contributed by atoms with Crippen LogP contribution in [0.4, 0.5) is 0 Å². The summed E-state index contributed by atoms with van der Waals surface area (Å²) in [5.74, 6) is 2.34. The normalized spacial score (nSPS) is 10.9. The van der Waals surface area contributed by atoms with Crippen molar-refractivity contribution in [3.05, 3.63) is 41.9 Å². The number of hydrogen-bond acceptors (Lipinski definition) is 4. The first kappa shape index (κ1) is 13.4. The molecule has 0 radical (unpaired) electrons. The Morgan fingerprint density at radius 3 is 2.57 bits per heavy atom. The zero-order valence-electron chi connectivity index (χ0n) is 12.5. The van der Waals surface area contributed by atoms with Crippen molar-refractivity contribution in [2.24, 2.45) is 0 Å². The molecule has 3 aromatic rings. The second-order valence-electron chi connectivity index (χ2n) is 4.91. The van der Waals surface area contributed by atoms with Gasteiger partial charge in [-0.1, -0.05) is 0 Å². The zero-order valence-corrected chi connectivity index (χ0v) is 12.5. The molecule has 0 aliphatic rings. The number of aromatic nitrogens is 3. The summed E-state index contributed by atoms with van der Waals surface area (Å²) < 4.78 is 12.6. The van der Waals surface area contributed by atoms with E-state index in [-0.39, 0.29) is 0 Å². The standard InChI is InChI=1S/C16H17N3O2/c1-10-7-12(9-19-16(10)17-11(2)18-19)14-8-13(20-3)5-6-15(14)21-4/h5-9H,1-4H3. The average Bonchev–Trinajstić information content (AvgIpc) is 2.87. The number of hydrogen-bond donors (Lipinski definition) is 0. The third kappa shape index (κ3) is 2.31. The quantitative estimate of drug-likeness (QED) is 0.741. The summed E-state index contributed by atoms with van der Waals surface area (Å²) >= 11 is 0. The van der Waals surface area contributed by atoms with E-state index in [9.17, 15) is 0 Å². The Balaban J connectivity index is 2.24. The first-order valence-electron chi connectivity index (χ1n) is 6.68. The molecule has 0 atom stereocenters. The van der Waals surface area contributed by atoms with Crippen LogP contribution in [0, 0.1) is 13.8 Å². The Labute approximate surface area is 123 Å². The molecule has 0 bridgehead atoms. The summed E-state index contributed by atoms with van der Waals surface area (Å²) in [6.07, 6.45) is 1.96. The molecule has 3 rings (SSSR count). The van der Waals surface area contributed by atoms with Crippen LogP contribution < -0.4 is 9.47 Å². The minimum absolute atomic E-state index is 0.757. The largest absolute Gasteiger partial charge is 0.497 e. The van der Waals surface area contributed by atoms with Gasteiger partial charge in [0.2, 0.25) is 0 Å². The van der Waals surface area contributed by atoms with Crippen molar-refractivity contribution in [3.8, 4) is 22.6 Å². The van der Waals surface area contributed by atoms with Crippen LogP contribution in [0.25, 0.3) is 16.8 Å². The Morgan fingerprint density at radius 2 is 1.86 bits per heavy atom. The van der Waals surface area contributed by atoms with Crippen molar-refractivity contribution < 1.29 is 9.47 Å². The maximum Gasteiger partial charge on any atom is 0.158 e. The number of aryl methyl sites for hydroxylation is 2. The molecule has 2 heterocycles. The fourth-order valence-electron chi connectivity index (χ4n) is 2.44. The average molecular weight is 283 g/mol. The van der Waals surface area contributed by atoms with Crippen LogP contribution in [0.5, 0.6) is 11.5 Å². The van der Waals surface area contributed by atoms with Crippen molar-refractivity contribution in [2.45, 2.75) is 13.8 Å². The van der Waals surface area contributed by atoms with Gasteiger partial charge in [-0.05, 0) is 43.7 Å². The smallest absolute Gasteiger partial charge is 0.158 e.